The molecule has 0 bridgehead atoms. The third-order valence-corrected chi connectivity index (χ3v) is 5.35. The molecule has 4 nitrogen and oxygen atoms in total. The van der Waals surface area contributed by atoms with Gasteiger partial charge in [0.1, 0.15) is 16.5 Å². The van der Waals surface area contributed by atoms with Crippen molar-refractivity contribution in [3.05, 3.63) is 62.7 Å². The van der Waals surface area contributed by atoms with Gasteiger partial charge in [-0.1, -0.05) is 0 Å². The molecule has 1 unspecified atom stereocenters. The van der Waals surface area contributed by atoms with Crippen LogP contribution in [-0.2, 0) is 13.0 Å². The van der Waals surface area contributed by atoms with Gasteiger partial charge in [0, 0.05) is 24.2 Å². The number of aromatic nitrogens is 1. The van der Waals surface area contributed by atoms with Crippen LogP contribution in [-0.4, -0.2) is 19.2 Å². The molecule has 0 spiro atoms. The zero-order valence-electron chi connectivity index (χ0n) is 14.1. The van der Waals surface area contributed by atoms with E-state index in [-0.39, 0.29) is 18.4 Å². The molecule has 0 saturated heterocycles. The van der Waals surface area contributed by atoms with Gasteiger partial charge in [0.2, 0.25) is 0 Å². The number of hydrogen-bond donors (Lipinski definition) is 1. The maximum absolute atomic E-state index is 5.34. The molecule has 1 aromatic carbocycles. The Morgan fingerprint density at radius 2 is 1.84 bits per heavy atom. The molecule has 1 atom stereocenters. The summed E-state index contributed by atoms with van der Waals surface area (Å²) in [5.41, 5.74) is 2.45. The fraction of sp³-hybridized carbons (Fsp3) is 0.278. The van der Waals surface area contributed by atoms with E-state index in [1.54, 1.807) is 36.9 Å². The first-order valence-corrected chi connectivity index (χ1v) is 9.46. The summed E-state index contributed by atoms with van der Waals surface area (Å²) in [7, 11) is 3.34. The molecule has 0 aliphatic carbocycles. The highest BCUT2D eigenvalue weighted by Crippen LogP contribution is 2.25. The van der Waals surface area contributed by atoms with Crippen LogP contribution >= 0.6 is 35.1 Å². The molecule has 0 saturated carbocycles. The van der Waals surface area contributed by atoms with Crippen molar-refractivity contribution in [2.45, 2.75) is 19.0 Å². The van der Waals surface area contributed by atoms with Crippen LogP contribution in [0.2, 0.25) is 0 Å². The van der Waals surface area contributed by atoms with Crippen molar-refractivity contribution in [2.75, 3.05) is 14.2 Å². The molecule has 0 aliphatic heterocycles. The van der Waals surface area contributed by atoms with Crippen LogP contribution in [0.3, 0.4) is 0 Å². The van der Waals surface area contributed by atoms with E-state index in [0.29, 0.717) is 0 Å². The minimum atomic E-state index is 0. The fourth-order valence-electron chi connectivity index (χ4n) is 2.51. The van der Waals surface area contributed by atoms with Gasteiger partial charge in [-0.25, -0.2) is 4.98 Å². The largest absolute Gasteiger partial charge is 0.497 e. The Labute approximate surface area is 162 Å². The number of hydrogen-bond acceptors (Lipinski definition) is 6. The van der Waals surface area contributed by atoms with Gasteiger partial charge in [-0.05, 0) is 46.5 Å². The Hall–Kier alpha value is -1.60. The van der Waals surface area contributed by atoms with Crippen molar-refractivity contribution in [1.29, 1.82) is 0 Å². The van der Waals surface area contributed by atoms with Crippen LogP contribution < -0.4 is 14.8 Å². The lowest BCUT2D eigenvalue weighted by molar-refractivity contribution is 0.392. The minimum Gasteiger partial charge on any atom is -0.497 e. The van der Waals surface area contributed by atoms with Crippen LogP contribution in [0, 0.1) is 0 Å². The summed E-state index contributed by atoms with van der Waals surface area (Å²) >= 11 is 3.41. The predicted octanol–water partition coefficient (Wildman–Crippen LogP) is 4.72. The van der Waals surface area contributed by atoms with Crippen LogP contribution in [0.15, 0.2) is 46.6 Å². The minimum absolute atomic E-state index is 0. The summed E-state index contributed by atoms with van der Waals surface area (Å²) in [4.78, 5) is 4.49. The summed E-state index contributed by atoms with van der Waals surface area (Å²) in [5, 5.41) is 11.1. The SMILES string of the molecule is COc1cc(CNC(Cc2ccsc2)c2nccs2)cc(OC)c1.Cl. The number of rotatable bonds is 8. The Bertz CT molecular complexity index is 726. The maximum Gasteiger partial charge on any atom is 0.122 e. The number of halogens is 1. The Balaban J connectivity index is 0.00000225. The number of thiophene rings is 1. The van der Waals surface area contributed by atoms with Gasteiger partial charge in [-0.3, -0.25) is 0 Å². The maximum atomic E-state index is 5.34. The number of benzene rings is 1. The van der Waals surface area contributed by atoms with Crippen molar-refractivity contribution in [2.24, 2.45) is 0 Å². The van der Waals surface area contributed by atoms with E-state index in [4.69, 9.17) is 9.47 Å². The predicted molar refractivity (Wildman–Crippen MR) is 107 cm³/mol. The molecule has 1 N–H and O–H groups in total. The third kappa shape index (κ3) is 5.44. The summed E-state index contributed by atoms with van der Waals surface area (Å²) in [6.45, 7) is 0.724. The summed E-state index contributed by atoms with van der Waals surface area (Å²) in [6.07, 6.45) is 2.79. The van der Waals surface area contributed by atoms with Gasteiger partial charge >= 0.3 is 0 Å². The van der Waals surface area contributed by atoms with Crippen LogP contribution in [0.4, 0.5) is 0 Å². The van der Waals surface area contributed by atoms with Crippen molar-refractivity contribution in [3.63, 3.8) is 0 Å². The van der Waals surface area contributed by atoms with Gasteiger partial charge in [0.05, 0.1) is 20.3 Å². The van der Waals surface area contributed by atoms with Gasteiger partial charge in [-0.15, -0.1) is 23.7 Å². The topological polar surface area (TPSA) is 43.4 Å². The second kappa shape index (κ2) is 9.77. The monoisotopic (exact) mass is 396 g/mol. The molecule has 2 aromatic heterocycles. The first-order chi connectivity index (χ1) is 11.8. The summed E-state index contributed by atoms with van der Waals surface area (Å²) in [5.74, 6) is 1.60. The molecule has 0 amide bonds. The van der Waals surface area contributed by atoms with Gasteiger partial charge in [-0.2, -0.15) is 11.3 Å². The Morgan fingerprint density at radius 3 is 2.40 bits per heavy atom. The van der Waals surface area contributed by atoms with E-state index in [1.807, 2.05) is 29.8 Å². The van der Waals surface area contributed by atoms with E-state index in [2.05, 4.69) is 27.1 Å². The van der Waals surface area contributed by atoms with E-state index < -0.39 is 0 Å². The zero-order valence-corrected chi connectivity index (χ0v) is 16.5. The molecular weight excluding hydrogens is 376 g/mol. The smallest absolute Gasteiger partial charge is 0.122 e. The van der Waals surface area contributed by atoms with Crippen molar-refractivity contribution in [1.82, 2.24) is 10.3 Å². The molecule has 0 aliphatic rings. The van der Waals surface area contributed by atoms with Crippen molar-refractivity contribution >= 4 is 35.1 Å². The normalized spacial score (nSPS) is 11.6. The van der Waals surface area contributed by atoms with Gasteiger partial charge < -0.3 is 14.8 Å². The molecule has 2 heterocycles. The molecule has 134 valence electrons. The number of nitrogens with zero attached hydrogens (tertiary/aromatic N) is 1. The highest BCUT2D eigenvalue weighted by Gasteiger charge is 2.15. The van der Waals surface area contributed by atoms with E-state index in [0.717, 1.165) is 35.0 Å². The molecule has 7 heteroatoms. The zero-order chi connectivity index (χ0) is 16.8. The molecule has 3 aromatic rings. The Morgan fingerprint density at radius 1 is 1.08 bits per heavy atom. The third-order valence-electron chi connectivity index (χ3n) is 3.73. The van der Waals surface area contributed by atoms with E-state index in [1.165, 1.54) is 5.56 Å². The van der Waals surface area contributed by atoms with Crippen molar-refractivity contribution in [3.8, 4) is 11.5 Å². The number of ether oxygens (including phenoxy) is 2. The number of thiazole rings is 1. The van der Waals surface area contributed by atoms with E-state index >= 15 is 0 Å². The lowest BCUT2D eigenvalue weighted by atomic mass is 10.1. The number of methoxy groups -OCH3 is 2. The first-order valence-electron chi connectivity index (χ1n) is 7.64. The Kier molecular flexibility index (Phi) is 7.71. The van der Waals surface area contributed by atoms with Crippen molar-refractivity contribution < 1.29 is 9.47 Å². The lowest BCUT2D eigenvalue weighted by Crippen LogP contribution is -2.22. The standard InChI is InChI=1S/C18H20N2O2S2.ClH/c1-21-15-7-14(8-16(10-15)22-2)11-20-17(18-19-4-6-24-18)9-13-3-5-23-12-13;/h3-8,10,12,17,20H,9,11H2,1-2H3;1H. The average Bonchev–Trinajstić information content (AvgIpc) is 3.31. The highest BCUT2D eigenvalue weighted by atomic mass is 35.5. The van der Waals surface area contributed by atoms with Crippen LogP contribution in [0.1, 0.15) is 22.2 Å². The van der Waals surface area contributed by atoms with Gasteiger partial charge in [0.25, 0.3) is 0 Å². The fourth-order valence-corrected chi connectivity index (χ4v) is 3.90. The second-order valence-electron chi connectivity index (χ2n) is 5.36. The molecule has 0 fully saturated rings. The molecule has 3 rings (SSSR count). The number of nitrogens with one attached hydrogen (secondary N) is 1. The van der Waals surface area contributed by atoms with Crippen LogP contribution in [0.5, 0.6) is 11.5 Å². The average molecular weight is 397 g/mol. The van der Waals surface area contributed by atoms with Crippen LogP contribution in [0.25, 0.3) is 0 Å². The lowest BCUT2D eigenvalue weighted by Gasteiger charge is -2.17. The quantitative estimate of drug-likeness (QED) is 0.598. The summed E-state index contributed by atoms with van der Waals surface area (Å²) in [6, 6.07) is 8.30. The van der Waals surface area contributed by atoms with E-state index in [9.17, 15) is 0 Å². The molecule has 25 heavy (non-hydrogen) atoms. The van der Waals surface area contributed by atoms with Gasteiger partial charge in [0.15, 0.2) is 0 Å². The molecule has 0 radical (unpaired) electrons. The summed E-state index contributed by atoms with van der Waals surface area (Å²) < 4.78 is 10.7. The first kappa shape index (κ1) is 19.7. The second-order valence-corrected chi connectivity index (χ2v) is 7.07. The molecular formula is C18H21ClN2O2S2. The highest BCUT2D eigenvalue weighted by molar-refractivity contribution is 7.09.